The van der Waals surface area contributed by atoms with Crippen molar-refractivity contribution in [3.8, 4) is 34.2 Å². The number of nitrogens with zero attached hydrogens (tertiary/aromatic N) is 2. The van der Waals surface area contributed by atoms with E-state index in [9.17, 15) is 5.26 Å². The van der Waals surface area contributed by atoms with Crippen molar-refractivity contribution in [1.29, 1.82) is 5.26 Å². The van der Waals surface area contributed by atoms with Crippen molar-refractivity contribution in [2.24, 2.45) is 0 Å². The van der Waals surface area contributed by atoms with E-state index in [1.165, 1.54) is 5.56 Å². The lowest BCUT2D eigenvalue weighted by molar-refractivity contribution is 0.412. The number of aryl methyl sites for hydroxylation is 1. The van der Waals surface area contributed by atoms with Gasteiger partial charge in [0.25, 0.3) is 0 Å². The monoisotopic (exact) mass is 407 g/mol. The van der Waals surface area contributed by atoms with E-state index in [4.69, 9.17) is 10.5 Å². The van der Waals surface area contributed by atoms with Gasteiger partial charge in [0.1, 0.15) is 23.2 Å². The van der Waals surface area contributed by atoms with Crippen molar-refractivity contribution >= 4 is 21.7 Å². The van der Waals surface area contributed by atoms with Crippen LogP contribution in [0.3, 0.4) is 0 Å². The molecule has 0 saturated carbocycles. The van der Waals surface area contributed by atoms with Crippen LogP contribution in [0.1, 0.15) is 16.7 Å². The van der Waals surface area contributed by atoms with E-state index in [2.05, 4.69) is 27.0 Å². The molecule has 0 unspecified atom stereocenters. The number of hydrogen-bond donors (Lipinski definition) is 1. The standard InChI is InChI=1S/C21H18BrN3O/c1-12-4-6-14(7-5-12)20-13(2)19(16(11-23)21(24)25-20)15-8-9-18(26-3)17(22)10-15/h4-10H,1-3H3,(H2,24,25). The molecule has 3 rings (SSSR count). The van der Waals surface area contributed by atoms with E-state index < -0.39 is 0 Å². The molecular weight excluding hydrogens is 390 g/mol. The van der Waals surface area contributed by atoms with E-state index in [1.807, 2.05) is 56.3 Å². The molecule has 0 aliphatic heterocycles. The van der Waals surface area contributed by atoms with E-state index in [1.54, 1.807) is 7.11 Å². The zero-order chi connectivity index (χ0) is 18.8. The Balaban J connectivity index is 2.29. The minimum Gasteiger partial charge on any atom is -0.496 e. The molecule has 0 fully saturated rings. The van der Waals surface area contributed by atoms with Gasteiger partial charge in [-0.15, -0.1) is 0 Å². The lowest BCUT2D eigenvalue weighted by Crippen LogP contribution is -2.03. The molecule has 0 bridgehead atoms. The summed E-state index contributed by atoms with van der Waals surface area (Å²) in [6.07, 6.45) is 0. The molecule has 1 heterocycles. The summed E-state index contributed by atoms with van der Waals surface area (Å²) in [5.74, 6) is 0.960. The smallest absolute Gasteiger partial charge is 0.142 e. The minimum atomic E-state index is 0.232. The fraction of sp³-hybridized carbons (Fsp3) is 0.143. The summed E-state index contributed by atoms with van der Waals surface area (Å²) in [5.41, 5.74) is 12.0. The minimum absolute atomic E-state index is 0.232. The van der Waals surface area contributed by atoms with Gasteiger partial charge in [-0.3, -0.25) is 0 Å². The highest BCUT2D eigenvalue weighted by atomic mass is 79.9. The zero-order valence-corrected chi connectivity index (χ0v) is 16.4. The summed E-state index contributed by atoms with van der Waals surface area (Å²) in [4.78, 5) is 4.50. The lowest BCUT2D eigenvalue weighted by atomic mass is 9.92. The van der Waals surface area contributed by atoms with Crippen LogP contribution < -0.4 is 10.5 Å². The van der Waals surface area contributed by atoms with Crippen LogP contribution in [0.4, 0.5) is 5.82 Å². The van der Waals surface area contributed by atoms with Gasteiger partial charge in [0.05, 0.1) is 17.3 Å². The average Bonchev–Trinajstić information content (AvgIpc) is 2.63. The molecule has 0 aliphatic rings. The Hall–Kier alpha value is -2.84. The number of halogens is 1. The summed E-state index contributed by atoms with van der Waals surface area (Å²) in [6, 6.07) is 16.0. The number of ether oxygens (including phenoxy) is 1. The number of nitrogen functional groups attached to an aromatic ring is 1. The second-order valence-corrected chi connectivity index (χ2v) is 6.90. The number of nitriles is 1. The second-order valence-electron chi connectivity index (χ2n) is 6.05. The van der Waals surface area contributed by atoms with Gasteiger partial charge in [0, 0.05) is 11.1 Å². The maximum atomic E-state index is 9.65. The first kappa shape index (κ1) is 18.0. The molecule has 26 heavy (non-hydrogen) atoms. The first-order valence-corrected chi connectivity index (χ1v) is 8.86. The number of hydrogen-bond acceptors (Lipinski definition) is 4. The number of methoxy groups -OCH3 is 1. The third-order valence-corrected chi connectivity index (χ3v) is 4.97. The quantitative estimate of drug-likeness (QED) is 0.642. The normalized spacial score (nSPS) is 10.4. The molecule has 0 spiro atoms. The van der Waals surface area contributed by atoms with Gasteiger partial charge < -0.3 is 10.5 Å². The predicted octanol–water partition coefficient (Wildman–Crippen LogP) is 5.26. The number of pyridine rings is 1. The van der Waals surface area contributed by atoms with Crippen molar-refractivity contribution in [3.05, 3.63) is 63.6 Å². The van der Waals surface area contributed by atoms with Crippen molar-refractivity contribution < 1.29 is 4.74 Å². The molecule has 2 aromatic carbocycles. The highest BCUT2D eigenvalue weighted by Crippen LogP contribution is 2.38. The third-order valence-electron chi connectivity index (χ3n) is 4.35. The van der Waals surface area contributed by atoms with Crippen molar-refractivity contribution in [3.63, 3.8) is 0 Å². The lowest BCUT2D eigenvalue weighted by Gasteiger charge is -2.16. The number of anilines is 1. The molecular formula is C21H18BrN3O. The number of rotatable bonds is 3. The van der Waals surface area contributed by atoms with E-state index in [0.29, 0.717) is 5.56 Å². The first-order chi connectivity index (χ1) is 12.5. The molecule has 0 atom stereocenters. The van der Waals surface area contributed by atoms with Crippen molar-refractivity contribution in [2.75, 3.05) is 12.8 Å². The highest BCUT2D eigenvalue weighted by molar-refractivity contribution is 9.10. The average molecular weight is 408 g/mol. The molecule has 0 aliphatic carbocycles. The van der Waals surface area contributed by atoms with Crippen LogP contribution in [0.25, 0.3) is 22.4 Å². The van der Waals surface area contributed by atoms with Crippen LogP contribution in [-0.2, 0) is 0 Å². The number of benzene rings is 2. The van der Waals surface area contributed by atoms with Crippen LogP contribution in [0.15, 0.2) is 46.9 Å². The van der Waals surface area contributed by atoms with Gasteiger partial charge in [-0.1, -0.05) is 35.9 Å². The van der Waals surface area contributed by atoms with E-state index in [0.717, 1.165) is 38.2 Å². The van der Waals surface area contributed by atoms with Crippen LogP contribution in [0.2, 0.25) is 0 Å². The zero-order valence-electron chi connectivity index (χ0n) is 14.8. The molecule has 0 radical (unpaired) electrons. The maximum absolute atomic E-state index is 9.65. The Labute approximate surface area is 161 Å². The fourth-order valence-corrected chi connectivity index (χ4v) is 3.52. The SMILES string of the molecule is COc1ccc(-c2c(C)c(-c3ccc(C)cc3)nc(N)c2C#N)cc1Br. The van der Waals surface area contributed by atoms with Crippen LogP contribution in [-0.4, -0.2) is 12.1 Å². The maximum Gasteiger partial charge on any atom is 0.142 e. The van der Waals surface area contributed by atoms with E-state index in [-0.39, 0.29) is 5.82 Å². The highest BCUT2D eigenvalue weighted by Gasteiger charge is 2.19. The topological polar surface area (TPSA) is 71.9 Å². The Morgan fingerprint density at radius 2 is 1.73 bits per heavy atom. The van der Waals surface area contributed by atoms with Crippen molar-refractivity contribution in [2.45, 2.75) is 13.8 Å². The van der Waals surface area contributed by atoms with Crippen LogP contribution in [0.5, 0.6) is 5.75 Å². The van der Waals surface area contributed by atoms with Gasteiger partial charge in [-0.25, -0.2) is 4.98 Å². The fourth-order valence-electron chi connectivity index (χ4n) is 2.98. The van der Waals surface area contributed by atoms with Crippen LogP contribution >= 0.6 is 15.9 Å². The molecule has 5 heteroatoms. The van der Waals surface area contributed by atoms with Gasteiger partial charge in [0.2, 0.25) is 0 Å². The molecule has 0 saturated heterocycles. The molecule has 4 nitrogen and oxygen atoms in total. The summed E-state index contributed by atoms with van der Waals surface area (Å²) < 4.78 is 6.11. The Bertz CT molecular complexity index is 1020. The Morgan fingerprint density at radius 3 is 2.31 bits per heavy atom. The number of aromatic nitrogens is 1. The Kier molecular flexibility index (Phi) is 4.97. The van der Waals surface area contributed by atoms with Crippen molar-refractivity contribution in [1.82, 2.24) is 4.98 Å². The first-order valence-electron chi connectivity index (χ1n) is 8.07. The summed E-state index contributed by atoms with van der Waals surface area (Å²) in [5, 5.41) is 9.65. The largest absolute Gasteiger partial charge is 0.496 e. The third kappa shape index (κ3) is 3.16. The van der Waals surface area contributed by atoms with Gasteiger partial charge in [-0.2, -0.15) is 5.26 Å². The molecule has 1 aromatic heterocycles. The van der Waals surface area contributed by atoms with Crippen LogP contribution in [0, 0.1) is 25.2 Å². The van der Waals surface area contributed by atoms with Gasteiger partial charge in [0.15, 0.2) is 0 Å². The predicted molar refractivity (Wildman–Crippen MR) is 108 cm³/mol. The van der Waals surface area contributed by atoms with Gasteiger partial charge >= 0.3 is 0 Å². The molecule has 2 N–H and O–H groups in total. The molecule has 130 valence electrons. The number of nitrogens with two attached hydrogens (primary N) is 1. The Morgan fingerprint density at radius 1 is 1.08 bits per heavy atom. The summed E-state index contributed by atoms with van der Waals surface area (Å²) >= 11 is 3.51. The molecule has 0 amide bonds. The summed E-state index contributed by atoms with van der Waals surface area (Å²) in [6.45, 7) is 4.01. The summed E-state index contributed by atoms with van der Waals surface area (Å²) in [7, 11) is 1.62. The van der Waals surface area contributed by atoms with Gasteiger partial charge in [-0.05, 0) is 53.0 Å². The van der Waals surface area contributed by atoms with E-state index >= 15 is 0 Å². The second kappa shape index (κ2) is 7.19. The molecule has 3 aromatic rings.